The Balaban J connectivity index is 2.13. The minimum absolute atomic E-state index is 0.248. The van der Waals surface area contributed by atoms with E-state index in [4.69, 9.17) is 4.74 Å². The molecular weight excluding hydrogens is 342 g/mol. The van der Waals surface area contributed by atoms with Gasteiger partial charge in [0.2, 0.25) is 11.9 Å². The summed E-state index contributed by atoms with van der Waals surface area (Å²) < 4.78 is 5.15. The molecule has 7 nitrogen and oxygen atoms in total. The summed E-state index contributed by atoms with van der Waals surface area (Å²) in [5.74, 6) is 1.03. The van der Waals surface area contributed by atoms with E-state index in [1.165, 1.54) is 6.08 Å². The van der Waals surface area contributed by atoms with Crippen molar-refractivity contribution in [2.45, 2.75) is 32.7 Å². The minimum atomic E-state index is -0.251. The van der Waals surface area contributed by atoms with E-state index in [2.05, 4.69) is 39.4 Å². The molecule has 3 N–H and O–H groups in total. The normalized spacial score (nSPS) is 11.5. The van der Waals surface area contributed by atoms with Crippen molar-refractivity contribution in [1.82, 2.24) is 9.97 Å². The lowest BCUT2D eigenvalue weighted by Gasteiger charge is -2.17. The van der Waals surface area contributed by atoms with Gasteiger partial charge in [-0.1, -0.05) is 19.6 Å². The summed E-state index contributed by atoms with van der Waals surface area (Å²) in [4.78, 5) is 20.4. The number of rotatable bonds is 10. The first kappa shape index (κ1) is 20.4. The Labute approximate surface area is 160 Å². The quantitative estimate of drug-likeness (QED) is 0.551. The number of benzene rings is 1. The molecule has 0 radical (unpaired) electrons. The van der Waals surface area contributed by atoms with Gasteiger partial charge in [-0.3, -0.25) is 4.79 Å². The molecule has 27 heavy (non-hydrogen) atoms. The molecule has 1 atom stereocenters. The molecule has 7 heteroatoms. The number of ether oxygens (including phenoxy) is 1. The van der Waals surface area contributed by atoms with Crippen LogP contribution >= 0.6 is 0 Å². The summed E-state index contributed by atoms with van der Waals surface area (Å²) in [6.45, 7) is 8.20. The van der Waals surface area contributed by atoms with Crippen molar-refractivity contribution in [3.63, 3.8) is 0 Å². The number of carbonyl (C=O) groups excluding carboxylic acids is 1. The summed E-state index contributed by atoms with van der Waals surface area (Å²) in [5.41, 5.74) is 2.42. The van der Waals surface area contributed by atoms with E-state index in [0.717, 1.165) is 24.1 Å². The first-order chi connectivity index (χ1) is 13.0. The van der Waals surface area contributed by atoms with E-state index in [1.807, 2.05) is 31.2 Å². The molecule has 2 rings (SSSR count). The molecule has 1 unspecified atom stereocenters. The Morgan fingerprint density at radius 2 is 2.15 bits per heavy atom. The number of amides is 1. The molecule has 0 aliphatic carbocycles. The number of nitrogens with one attached hydrogen (secondary N) is 3. The largest absolute Gasteiger partial charge is 0.385 e. The second-order valence-electron chi connectivity index (χ2n) is 6.16. The molecule has 144 valence electrons. The van der Waals surface area contributed by atoms with Gasteiger partial charge in [0, 0.05) is 42.9 Å². The zero-order chi connectivity index (χ0) is 19.6. The zero-order valence-corrected chi connectivity index (χ0v) is 16.1. The molecule has 1 heterocycles. The predicted molar refractivity (Wildman–Crippen MR) is 110 cm³/mol. The third-order valence-corrected chi connectivity index (χ3v) is 4.05. The Morgan fingerprint density at radius 1 is 1.37 bits per heavy atom. The first-order valence-electron chi connectivity index (χ1n) is 8.95. The fourth-order valence-electron chi connectivity index (χ4n) is 2.46. The highest BCUT2D eigenvalue weighted by Gasteiger charge is 2.10. The number of aromatic nitrogens is 2. The maximum Gasteiger partial charge on any atom is 0.247 e. The summed E-state index contributed by atoms with van der Waals surface area (Å²) in [7, 11) is 1.70. The number of carbonyl (C=O) groups is 1. The molecule has 0 bridgehead atoms. The molecule has 0 spiro atoms. The molecule has 0 saturated carbocycles. The number of hydrogen-bond donors (Lipinski definition) is 3. The number of aryl methyl sites for hydroxylation is 1. The fraction of sp³-hybridized carbons (Fsp3) is 0.350. The van der Waals surface area contributed by atoms with Crippen molar-refractivity contribution in [2.24, 2.45) is 0 Å². The summed E-state index contributed by atoms with van der Waals surface area (Å²) >= 11 is 0. The van der Waals surface area contributed by atoms with Gasteiger partial charge in [0.1, 0.15) is 5.82 Å². The average Bonchev–Trinajstić information content (AvgIpc) is 2.67. The standard InChI is InChI=1S/C20H27N5O2/c1-5-15(10-11-27-4)24-20-21-13-14(3)19(25-20)23-17-9-7-8-16(12-17)22-18(26)6-2/h6-9,12-13,15H,2,5,10-11H2,1,3-4H3,(H,22,26)(H2,21,23,24,25). The monoisotopic (exact) mass is 369 g/mol. The van der Waals surface area contributed by atoms with Crippen LogP contribution in [0.15, 0.2) is 43.1 Å². The lowest BCUT2D eigenvalue weighted by Crippen LogP contribution is -2.22. The van der Waals surface area contributed by atoms with Crippen molar-refractivity contribution < 1.29 is 9.53 Å². The van der Waals surface area contributed by atoms with Gasteiger partial charge >= 0.3 is 0 Å². The number of hydrogen-bond acceptors (Lipinski definition) is 6. The highest BCUT2D eigenvalue weighted by atomic mass is 16.5. The Morgan fingerprint density at radius 3 is 2.85 bits per heavy atom. The van der Waals surface area contributed by atoms with Gasteiger partial charge in [0.05, 0.1) is 0 Å². The van der Waals surface area contributed by atoms with Crippen LogP contribution in [0.2, 0.25) is 0 Å². The maximum absolute atomic E-state index is 11.5. The molecule has 0 aliphatic rings. The summed E-state index contributed by atoms with van der Waals surface area (Å²) in [6, 6.07) is 7.66. The van der Waals surface area contributed by atoms with Crippen LogP contribution in [0.5, 0.6) is 0 Å². The molecular formula is C20H27N5O2. The minimum Gasteiger partial charge on any atom is -0.385 e. The van der Waals surface area contributed by atoms with Crippen LogP contribution < -0.4 is 16.0 Å². The maximum atomic E-state index is 11.5. The molecule has 1 aromatic carbocycles. The molecule has 2 aromatic rings. The van der Waals surface area contributed by atoms with Gasteiger partial charge in [0.25, 0.3) is 0 Å². The van der Waals surface area contributed by atoms with E-state index >= 15 is 0 Å². The van der Waals surface area contributed by atoms with Crippen LogP contribution in [-0.4, -0.2) is 35.6 Å². The summed E-state index contributed by atoms with van der Waals surface area (Å²) in [6.07, 6.45) is 4.86. The van der Waals surface area contributed by atoms with Crippen molar-refractivity contribution in [3.05, 3.63) is 48.7 Å². The van der Waals surface area contributed by atoms with E-state index in [0.29, 0.717) is 24.1 Å². The van der Waals surface area contributed by atoms with Crippen LogP contribution in [0.3, 0.4) is 0 Å². The number of nitrogens with zero attached hydrogens (tertiary/aromatic N) is 2. The SMILES string of the molecule is C=CC(=O)Nc1cccc(Nc2nc(NC(CC)CCOC)ncc2C)c1. The van der Waals surface area contributed by atoms with E-state index in [1.54, 1.807) is 13.3 Å². The highest BCUT2D eigenvalue weighted by Crippen LogP contribution is 2.22. The van der Waals surface area contributed by atoms with Crippen LogP contribution in [0.1, 0.15) is 25.3 Å². The number of methoxy groups -OCH3 is 1. The smallest absolute Gasteiger partial charge is 0.247 e. The van der Waals surface area contributed by atoms with Gasteiger partial charge in [-0.15, -0.1) is 0 Å². The van der Waals surface area contributed by atoms with Gasteiger partial charge in [-0.25, -0.2) is 4.98 Å². The topological polar surface area (TPSA) is 88.2 Å². The van der Waals surface area contributed by atoms with Crippen molar-refractivity contribution in [3.8, 4) is 0 Å². The third-order valence-electron chi connectivity index (χ3n) is 4.05. The highest BCUT2D eigenvalue weighted by molar-refractivity contribution is 5.99. The molecule has 0 saturated heterocycles. The van der Waals surface area contributed by atoms with Crippen LogP contribution in [0.4, 0.5) is 23.1 Å². The predicted octanol–water partition coefficient (Wildman–Crippen LogP) is 3.88. The Hall–Kier alpha value is -2.93. The van der Waals surface area contributed by atoms with Gasteiger partial charge in [-0.2, -0.15) is 4.98 Å². The van der Waals surface area contributed by atoms with Gasteiger partial charge in [0.15, 0.2) is 0 Å². The third kappa shape index (κ3) is 6.38. The number of anilines is 4. The fourth-order valence-corrected chi connectivity index (χ4v) is 2.46. The van der Waals surface area contributed by atoms with Crippen LogP contribution in [0.25, 0.3) is 0 Å². The van der Waals surface area contributed by atoms with Crippen molar-refractivity contribution >= 4 is 29.0 Å². The lowest BCUT2D eigenvalue weighted by molar-refractivity contribution is -0.111. The van der Waals surface area contributed by atoms with E-state index < -0.39 is 0 Å². The first-order valence-corrected chi connectivity index (χ1v) is 8.95. The molecule has 0 fully saturated rings. The van der Waals surface area contributed by atoms with E-state index in [-0.39, 0.29) is 11.9 Å². The molecule has 1 aromatic heterocycles. The van der Waals surface area contributed by atoms with Crippen molar-refractivity contribution in [1.29, 1.82) is 0 Å². The van der Waals surface area contributed by atoms with Gasteiger partial charge < -0.3 is 20.7 Å². The van der Waals surface area contributed by atoms with Crippen LogP contribution in [-0.2, 0) is 9.53 Å². The van der Waals surface area contributed by atoms with Gasteiger partial charge in [-0.05, 0) is 44.0 Å². The molecule has 0 aliphatic heterocycles. The second kappa shape index (κ2) is 10.3. The molecule has 1 amide bonds. The second-order valence-corrected chi connectivity index (χ2v) is 6.16. The lowest BCUT2D eigenvalue weighted by atomic mass is 10.1. The Bertz CT molecular complexity index is 779. The van der Waals surface area contributed by atoms with Crippen molar-refractivity contribution in [2.75, 3.05) is 29.7 Å². The van der Waals surface area contributed by atoms with E-state index in [9.17, 15) is 4.79 Å². The summed E-state index contributed by atoms with van der Waals surface area (Å²) in [5, 5.41) is 9.38. The average molecular weight is 369 g/mol. The zero-order valence-electron chi connectivity index (χ0n) is 16.1. The van der Waals surface area contributed by atoms with Crippen LogP contribution in [0, 0.1) is 6.92 Å². The Kier molecular flexibility index (Phi) is 7.76.